The van der Waals surface area contributed by atoms with Crippen molar-refractivity contribution in [1.82, 2.24) is 0 Å². The van der Waals surface area contributed by atoms with Crippen LogP contribution in [-0.2, 0) is 18.8 Å². The number of rotatable bonds is 3. The smallest absolute Gasteiger partial charge is 0.494 e. The molecule has 2 aromatic carbocycles. The van der Waals surface area contributed by atoms with Gasteiger partial charge in [0.1, 0.15) is 5.75 Å². The van der Waals surface area contributed by atoms with Gasteiger partial charge in [-0.05, 0) is 57.4 Å². The molecule has 1 saturated heterocycles. The van der Waals surface area contributed by atoms with E-state index >= 15 is 0 Å². The number of halogens is 4. The highest BCUT2D eigenvalue weighted by Crippen LogP contribution is 2.37. The third-order valence-electron chi connectivity index (χ3n) is 5.40. The number of ether oxygens (including phenoxy) is 2. The van der Waals surface area contributed by atoms with E-state index < -0.39 is 30.3 Å². The quantitative estimate of drug-likeness (QED) is 0.162. The van der Waals surface area contributed by atoms with E-state index in [0.29, 0.717) is 5.46 Å². The molecule has 0 spiro atoms. The van der Waals surface area contributed by atoms with Crippen molar-refractivity contribution >= 4 is 70.9 Å². The molecule has 0 atom stereocenters. The molecule has 1 aliphatic rings. The molecular weight excluding hydrogens is 573 g/mol. The highest BCUT2D eigenvalue weighted by molar-refractivity contribution is 6.63. The Morgan fingerprint density at radius 3 is 1.35 bits per heavy atom. The minimum Gasteiger partial charge on any atom is -0.508 e. The fourth-order valence-electron chi connectivity index (χ4n) is 2.86. The van der Waals surface area contributed by atoms with Crippen LogP contribution in [0.2, 0.25) is 20.1 Å². The van der Waals surface area contributed by atoms with Crippen LogP contribution in [0.3, 0.4) is 0 Å². The third-order valence-corrected chi connectivity index (χ3v) is 6.59. The number of phenols is 1. The number of carbonyl (C=O) groups excluding carboxylic acids is 2. The second-order valence-electron chi connectivity index (χ2n) is 8.22. The van der Waals surface area contributed by atoms with Gasteiger partial charge in [-0.25, -0.2) is 9.59 Å². The predicted octanol–water partition coefficient (Wildman–Crippen LogP) is 6.22. The Morgan fingerprint density at radius 1 is 0.757 bits per heavy atom. The highest BCUT2D eigenvalue weighted by Gasteiger charge is 2.51. The molecule has 3 rings (SSSR count). The number of carbonyl (C=O) groups is 2. The van der Waals surface area contributed by atoms with Gasteiger partial charge in [0.2, 0.25) is 0 Å². The number of methoxy groups -OCH3 is 2. The van der Waals surface area contributed by atoms with Crippen LogP contribution in [0.1, 0.15) is 55.8 Å². The molecule has 37 heavy (non-hydrogen) atoms. The van der Waals surface area contributed by atoms with Crippen molar-refractivity contribution in [3.8, 4) is 5.75 Å². The zero-order valence-electron chi connectivity index (χ0n) is 20.2. The molecule has 0 unspecified atom stereocenters. The first-order chi connectivity index (χ1) is 16.6. The van der Waals surface area contributed by atoms with E-state index in [2.05, 4.69) is 9.47 Å². The van der Waals surface area contributed by atoms with Crippen molar-refractivity contribution < 1.29 is 44.0 Å². The largest absolute Gasteiger partial charge is 0.508 e. The van der Waals surface area contributed by atoms with Crippen molar-refractivity contribution in [3.63, 3.8) is 0 Å². The fourth-order valence-corrected chi connectivity index (χ4v) is 4.15. The molecule has 0 radical (unpaired) electrons. The summed E-state index contributed by atoms with van der Waals surface area (Å²) in [6, 6.07) is 5.67. The van der Waals surface area contributed by atoms with E-state index in [9.17, 15) is 9.59 Å². The summed E-state index contributed by atoms with van der Waals surface area (Å²) in [5, 5.41) is 21.6. The molecule has 3 N–H and O–H groups in total. The lowest BCUT2D eigenvalue weighted by Crippen LogP contribution is -2.41. The maximum absolute atomic E-state index is 11.6. The Morgan fingerprint density at radius 2 is 1.05 bits per heavy atom. The SMILES string of the molecule is C.COC(=O)c1c(Cl)cc(B2OC(C)(C)C(C)(C)O2)cc1Cl.COC(=O)c1c(Cl)cc(O)cc1Cl.OO. The van der Waals surface area contributed by atoms with Crippen molar-refractivity contribution in [2.45, 2.75) is 46.3 Å². The van der Waals surface area contributed by atoms with E-state index in [-0.39, 0.29) is 44.4 Å². The molecule has 0 amide bonds. The molecule has 1 heterocycles. The van der Waals surface area contributed by atoms with Crippen LogP contribution in [0.5, 0.6) is 5.75 Å². The van der Waals surface area contributed by atoms with Crippen LogP contribution in [0, 0.1) is 0 Å². The molecule has 0 bridgehead atoms. The van der Waals surface area contributed by atoms with Crippen molar-refractivity contribution in [3.05, 3.63) is 55.5 Å². The minimum absolute atomic E-state index is 0. The standard InChI is InChI=1S/C14H17BCl2O4.C8H6Cl2O3.CH4.H2O2/c1-13(2)14(3,4)21-15(20-13)8-6-9(16)11(10(17)7-8)12(18)19-5;1-13-8(12)7-5(9)2-4(11)3-6(7)10;;1-2/h6-7H,1-5H3;2-3,11H,1H3;1H4;1-2H. The second-order valence-corrected chi connectivity index (χ2v) is 9.84. The summed E-state index contributed by atoms with van der Waals surface area (Å²) in [6.45, 7) is 7.83. The van der Waals surface area contributed by atoms with Crippen LogP contribution in [0.15, 0.2) is 24.3 Å². The number of phenolic OH excluding ortho intramolecular Hbond substituents is 1. The van der Waals surface area contributed by atoms with Gasteiger partial charge in [-0.3, -0.25) is 10.5 Å². The molecule has 0 aliphatic carbocycles. The summed E-state index contributed by atoms with van der Waals surface area (Å²) in [5.74, 6) is -1.30. The Labute approximate surface area is 236 Å². The van der Waals surface area contributed by atoms with Gasteiger partial charge in [-0.2, -0.15) is 0 Å². The molecule has 2 aromatic rings. The van der Waals surface area contributed by atoms with E-state index in [4.69, 9.17) is 71.3 Å². The first kappa shape index (κ1) is 35.2. The van der Waals surface area contributed by atoms with Crippen LogP contribution >= 0.6 is 46.4 Å². The maximum atomic E-state index is 11.6. The monoisotopic (exact) mass is 600 g/mol. The molecule has 0 saturated carbocycles. The van der Waals surface area contributed by atoms with Crippen LogP contribution in [0.25, 0.3) is 0 Å². The van der Waals surface area contributed by atoms with Crippen LogP contribution in [0.4, 0.5) is 0 Å². The summed E-state index contributed by atoms with van der Waals surface area (Å²) in [4.78, 5) is 22.7. The Kier molecular flexibility index (Phi) is 13.7. The van der Waals surface area contributed by atoms with Gasteiger partial charge in [-0.1, -0.05) is 53.8 Å². The first-order valence-corrected chi connectivity index (χ1v) is 11.6. The molecule has 1 aliphatic heterocycles. The van der Waals surface area contributed by atoms with E-state index in [0.717, 1.165) is 0 Å². The van der Waals surface area contributed by atoms with Crippen LogP contribution in [-0.4, -0.2) is 60.1 Å². The average molecular weight is 602 g/mol. The Hall–Kier alpha value is -1.76. The zero-order valence-corrected chi connectivity index (χ0v) is 23.2. The van der Waals surface area contributed by atoms with Crippen LogP contribution < -0.4 is 5.46 Å². The highest BCUT2D eigenvalue weighted by atomic mass is 35.5. The summed E-state index contributed by atoms with van der Waals surface area (Å²) in [5.41, 5.74) is -0.0593. The Balaban J connectivity index is 0.000000700. The van der Waals surface area contributed by atoms with E-state index in [1.165, 1.54) is 26.4 Å². The van der Waals surface area contributed by atoms with Gasteiger partial charge in [0.25, 0.3) is 0 Å². The fraction of sp³-hybridized carbons (Fsp3) is 0.391. The topological polar surface area (TPSA) is 132 Å². The number of aromatic hydroxyl groups is 1. The van der Waals surface area contributed by atoms with Gasteiger partial charge < -0.3 is 23.9 Å². The number of hydrogen-bond acceptors (Lipinski definition) is 9. The summed E-state index contributed by atoms with van der Waals surface area (Å²) >= 11 is 23.6. The summed E-state index contributed by atoms with van der Waals surface area (Å²) < 4.78 is 21.0. The molecule has 206 valence electrons. The van der Waals surface area contributed by atoms with Gasteiger partial charge >= 0.3 is 19.1 Å². The first-order valence-electron chi connectivity index (χ1n) is 10.0. The Bertz CT molecular complexity index is 1050. The lowest BCUT2D eigenvalue weighted by Gasteiger charge is -2.32. The van der Waals surface area contributed by atoms with Crippen molar-refractivity contribution in [1.29, 1.82) is 0 Å². The van der Waals surface area contributed by atoms with Gasteiger partial charge in [-0.15, -0.1) is 0 Å². The molecule has 0 aromatic heterocycles. The third kappa shape index (κ3) is 8.36. The predicted molar refractivity (Wildman–Crippen MR) is 145 cm³/mol. The van der Waals surface area contributed by atoms with Crippen molar-refractivity contribution in [2.75, 3.05) is 14.2 Å². The minimum atomic E-state index is -0.630. The number of esters is 2. The lowest BCUT2D eigenvalue weighted by molar-refractivity contribution is -0.176. The van der Waals surface area contributed by atoms with Gasteiger partial charge in [0, 0.05) is 0 Å². The molecule has 14 heteroatoms. The summed E-state index contributed by atoms with van der Waals surface area (Å²) in [7, 11) is 1.91. The molecule has 1 fully saturated rings. The van der Waals surface area contributed by atoms with E-state index in [1.54, 1.807) is 12.1 Å². The lowest BCUT2D eigenvalue weighted by atomic mass is 9.79. The molecular formula is C23H29BCl4O9. The second kappa shape index (κ2) is 14.4. The summed E-state index contributed by atoms with van der Waals surface area (Å²) in [6.07, 6.45) is 0. The van der Waals surface area contributed by atoms with Gasteiger partial charge in [0.05, 0.1) is 56.6 Å². The van der Waals surface area contributed by atoms with Crippen molar-refractivity contribution in [2.24, 2.45) is 0 Å². The zero-order chi connectivity index (χ0) is 28.0. The number of benzene rings is 2. The number of hydrogen-bond donors (Lipinski definition) is 3. The average Bonchev–Trinajstić information content (AvgIpc) is 3.01. The van der Waals surface area contributed by atoms with Gasteiger partial charge in [0.15, 0.2) is 0 Å². The normalized spacial score (nSPS) is 14.8. The molecule has 9 nitrogen and oxygen atoms in total. The van der Waals surface area contributed by atoms with E-state index in [1.807, 2.05) is 27.7 Å². The maximum Gasteiger partial charge on any atom is 0.494 e.